The summed E-state index contributed by atoms with van der Waals surface area (Å²) in [4.78, 5) is 28.0. The predicted molar refractivity (Wildman–Crippen MR) is 237 cm³/mol. The second kappa shape index (κ2) is 24.1. The van der Waals surface area contributed by atoms with Crippen molar-refractivity contribution in [3.05, 3.63) is 210 Å². The molecule has 0 bridgehead atoms. The van der Waals surface area contributed by atoms with Crippen molar-refractivity contribution < 1.29 is 42.7 Å². The van der Waals surface area contributed by atoms with E-state index in [0.29, 0.717) is 11.5 Å². The van der Waals surface area contributed by atoms with E-state index in [0.717, 1.165) is 39.6 Å². The number of hydrogen-bond donors (Lipinski definition) is 1. The molecule has 11 heteroatoms. The van der Waals surface area contributed by atoms with Crippen molar-refractivity contribution in [2.24, 2.45) is 0 Å². The first-order valence-electron chi connectivity index (χ1n) is 20.7. The van der Waals surface area contributed by atoms with Crippen LogP contribution in [-0.4, -0.2) is 61.2 Å². The number of alkyl carbamates (subject to hydrolysis) is 1. The lowest BCUT2D eigenvalue weighted by Crippen LogP contribution is -2.62. The van der Waals surface area contributed by atoms with Crippen LogP contribution in [0.25, 0.3) is 0 Å². The lowest BCUT2D eigenvalue weighted by molar-refractivity contribution is -0.328. The van der Waals surface area contributed by atoms with Crippen molar-refractivity contribution in [3.8, 4) is 0 Å². The molecule has 1 aliphatic heterocycles. The monoisotopic (exact) mass is 853 g/mol. The number of ether oxygens (including phenoxy) is 7. The summed E-state index contributed by atoms with van der Waals surface area (Å²) >= 11 is 0.998. The van der Waals surface area contributed by atoms with Gasteiger partial charge in [-0.2, -0.15) is 0 Å². The third-order valence-electron chi connectivity index (χ3n) is 10.0. The Labute approximate surface area is 367 Å². The number of benzene rings is 6. The molecule has 6 aromatic carbocycles. The summed E-state index contributed by atoms with van der Waals surface area (Å²) < 4.78 is 45.7. The molecular formula is C51H51NO9S. The summed E-state index contributed by atoms with van der Waals surface area (Å²) in [6, 6.07) is 56.9. The van der Waals surface area contributed by atoms with E-state index in [1.807, 2.05) is 182 Å². The maximum Gasteiger partial charge on any atom is 0.408 e. The topological polar surface area (TPSA) is 111 Å². The van der Waals surface area contributed by atoms with Crippen LogP contribution < -0.4 is 5.32 Å². The van der Waals surface area contributed by atoms with Crippen LogP contribution in [0.1, 0.15) is 27.8 Å². The molecule has 6 atom stereocenters. The van der Waals surface area contributed by atoms with Gasteiger partial charge in [-0.3, -0.25) is 4.79 Å². The molecule has 0 saturated carbocycles. The van der Waals surface area contributed by atoms with Crippen molar-refractivity contribution in [2.45, 2.75) is 74.7 Å². The van der Waals surface area contributed by atoms with Gasteiger partial charge in [0.1, 0.15) is 37.1 Å². The number of thioether (sulfide) groups is 1. The standard InChI is InChI=1S/C51H51NO9S/c53-49(62-43-29-17-6-18-30-43)44(52-51(54)60-35-42-27-15-5-16-28-42)36-59-50-48(58-34-41-25-13-4-14-26-41)47(57-33-40-23-11-3-12-24-40)46(56-32-39-21-9-2-10-22-39)45(61-50)37-55-31-38-19-7-1-8-20-38/h1-30,44-48,50H,31-37H2,(H,52,54)/t44-,45+,46+,47-,48+,50?/m0/s1. The predicted octanol–water partition coefficient (Wildman–Crippen LogP) is 9.31. The Balaban J connectivity index is 1.18. The van der Waals surface area contributed by atoms with E-state index < -0.39 is 42.8 Å². The van der Waals surface area contributed by atoms with Gasteiger partial charge in [0.25, 0.3) is 0 Å². The van der Waals surface area contributed by atoms with Gasteiger partial charge in [-0.25, -0.2) is 4.79 Å². The first kappa shape index (κ1) is 44.4. The minimum absolute atomic E-state index is 0.0247. The van der Waals surface area contributed by atoms with Gasteiger partial charge in [-0.1, -0.05) is 170 Å². The zero-order chi connectivity index (χ0) is 42.6. The van der Waals surface area contributed by atoms with Gasteiger partial charge < -0.3 is 38.5 Å². The van der Waals surface area contributed by atoms with Crippen LogP contribution in [0.2, 0.25) is 0 Å². The van der Waals surface area contributed by atoms with Crippen LogP contribution in [-0.2, 0) is 71.0 Å². The van der Waals surface area contributed by atoms with Crippen LogP contribution in [0.5, 0.6) is 0 Å². The Bertz CT molecular complexity index is 2190. The minimum atomic E-state index is -1.13. The fraction of sp³-hybridized carbons (Fsp3) is 0.255. The molecule has 1 fully saturated rings. The lowest BCUT2D eigenvalue weighted by atomic mass is 9.97. The normalized spacial score (nSPS) is 19.0. The van der Waals surface area contributed by atoms with Crippen molar-refractivity contribution in [2.75, 3.05) is 13.2 Å². The maximum absolute atomic E-state index is 14.0. The van der Waals surface area contributed by atoms with E-state index >= 15 is 0 Å². The molecule has 1 N–H and O–H groups in total. The van der Waals surface area contributed by atoms with Gasteiger partial charge in [0.05, 0.1) is 39.6 Å². The molecular weight excluding hydrogens is 803 g/mol. The summed E-state index contributed by atoms with van der Waals surface area (Å²) in [6.07, 6.45) is -4.87. The molecule has 62 heavy (non-hydrogen) atoms. The highest BCUT2D eigenvalue weighted by atomic mass is 32.2. The number of amides is 1. The Morgan fingerprint density at radius 3 is 1.42 bits per heavy atom. The zero-order valence-electron chi connectivity index (χ0n) is 34.3. The van der Waals surface area contributed by atoms with Crippen molar-refractivity contribution >= 4 is 23.0 Å². The van der Waals surface area contributed by atoms with Crippen LogP contribution in [0.15, 0.2) is 187 Å². The summed E-state index contributed by atoms with van der Waals surface area (Å²) in [5.74, 6) is 0. The van der Waals surface area contributed by atoms with Gasteiger partial charge >= 0.3 is 6.09 Å². The molecule has 320 valence electrons. The molecule has 1 unspecified atom stereocenters. The molecule has 0 spiro atoms. The van der Waals surface area contributed by atoms with Crippen LogP contribution in [0.4, 0.5) is 4.79 Å². The number of hydrogen-bond acceptors (Lipinski definition) is 10. The smallest absolute Gasteiger partial charge is 0.408 e. The van der Waals surface area contributed by atoms with Gasteiger partial charge in [-0.15, -0.1) is 0 Å². The molecule has 10 nitrogen and oxygen atoms in total. The molecule has 1 aliphatic rings. The summed E-state index contributed by atoms with van der Waals surface area (Å²) in [5, 5.41) is 2.40. The van der Waals surface area contributed by atoms with E-state index in [9.17, 15) is 9.59 Å². The summed E-state index contributed by atoms with van der Waals surface area (Å²) in [6.45, 7) is 0.940. The Hall–Kier alpha value is -5.63. The van der Waals surface area contributed by atoms with Gasteiger partial charge in [0.15, 0.2) is 6.29 Å². The van der Waals surface area contributed by atoms with E-state index in [-0.39, 0.29) is 44.8 Å². The molecule has 7 rings (SSSR count). The first-order valence-corrected chi connectivity index (χ1v) is 21.5. The maximum atomic E-state index is 14.0. The first-order chi connectivity index (χ1) is 30.6. The molecule has 0 radical (unpaired) electrons. The van der Waals surface area contributed by atoms with Crippen LogP contribution in [0, 0.1) is 0 Å². The summed E-state index contributed by atoms with van der Waals surface area (Å²) in [5.41, 5.74) is 4.67. The Morgan fingerprint density at radius 1 is 0.500 bits per heavy atom. The average molecular weight is 854 g/mol. The fourth-order valence-corrected chi connectivity index (χ4v) is 7.62. The van der Waals surface area contributed by atoms with Crippen LogP contribution in [0.3, 0.4) is 0 Å². The number of carbonyl (C=O) groups is 2. The molecule has 1 amide bonds. The fourth-order valence-electron chi connectivity index (χ4n) is 6.82. The second-order valence-corrected chi connectivity index (χ2v) is 15.7. The quantitative estimate of drug-likeness (QED) is 0.0704. The lowest BCUT2D eigenvalue weighted by Gasteiger charge is -2.46. The minimum Gasteiger partial charge on any atom is -0.445 e. The Kier molecular flexibility index (Phi) is 17.3. The average Bonchev–Trinajstić information content (AvgIpc) is 3.32. The highest BCUT2D eigenvalue weighted by molar-refractivity contribution is 8.13. The van der Waals surface area contributed by atoms with Crippen molar-refractivity contribution in [1.82, 2.24) is 5.32 Å². The number of carbonyl (C=O) groups excluding carboxylic acids is 2. The molecule has 1 saturated heterocycles. The highest BCUT2D eigenvalue weighted by Crippen LogP contribution is 2.32. The zero-order valence-corrected chi connectivity index (χ0v) is 35.1. The van der Waals surface area contributed by atoms with Gasteiger partial charge in [0.2, 0.25) is 5.12 Å². The van der Waals surface area contributed by atoms with Crippen molar-refractivity contribution in [3.63, 3.8) is 0 Å². The molecule has 1 heterocycles. The van der Waals surface area contributed by atoms with E-state index in [4.69, 9.17) is 33.2 Å². The SMILES string of the molecule is O=C(N[C@@H](COC1O[C@H](COCc2ccccc2)[C@@H](OCc2ccccc2)[C@H](OCc2ccccc2)[C@H]1OCc1ccccc1)C(=O)Sc1ccccc1)OCc1ccccc1. The van der Waals surface area contributed by atoms with Gasteiger partial charge in [-0.05, 0) is 51.7 Å². The second-order valence-electron chi connectivity index (χ2n) is 14.7. The van der Waals surface area contributed by atoms with Crippen molar-refractivity contribution in [1.29, 1.82) is 0 Å². The van der Waals surface area contributed by atoms with E-state index in [1.54, 1.807) is 0 Å². The molecule has 0 aliphatic carbocycles. The molecule has 6 aromatic rings. The third-order valence-corrected chi connectivity index (χ3v) is 11.0. The Morgan fingerprint density at radius 2 is 0.919 bits per heavy atom. The van der Waals surface area contributed by atoms with E-state index in [2.05, 4.69) is 5.32 Å². The van der Waals surface area contributed by atoms with Gasteiger partial charge in [0, 0.05) is 4.90 Å². The molecule has 0 aromatic heterocycles. The number of rotatable bonds is 21. The van der Waals surface area contributed by atoms with Crippen LogP contribution >= 0.6 is 11.8 Å². The summed E-state index contributed by atoms with van der Waals surface area (Å²) in [7, 11) is 0. The third kappa shape index (κ3) is 13.9. The van der Waals surface area contributed by atoms with E-state index in [1.165, 1.54) is 0 Å². The number of nitrogens with one attached hydrogen (secondary N) is 1. The largest absolute Gasteiger partial charge is 0.445 e. The highest BCUT2D eigenvalue weighted by Gasteiger charge is 2.49.